The van der Waals surface area contributed by atoms with E-state index in [0.717, 1.165) is 17.0 Å². The Bertz CT molecular complexity index is 864. The van der Waals surface area contributed by atoms with Crippen molar-refractivity contribution in [1.29, 1.82) is 0 Å². The van der Waals surface area contributed by atoms with Gasteiger partial charge in [0.15, 0.2) is 0 Å². The van der Waals surface area contributed by atoms with Crippen LogP contribution in [0.1, 0.15) is 31.1 Å². The molecule has 1 aliphatic rings. The third-order valence-electron chi connectivity index (χ3n) is 3.52. The van der Waals surface area contributed by atoms with Crippen molar-refractivity contribution in [3.63, 3.8) is 0 Å². The normalized spacial score (nSPS) is 13.3. The maximum absolute atomic E-state index is 13.6. The van der Waals surface area contributed by atoms with Crippen molar-refractivity contribution in [2.24, 2.45) is 0 Å². The lowest BCUT2D eigenvalue weighted by Crippen LogP contribution is -2.24. The Kier molecular flexibility index (Phi) is 3.40. The van der Waals surface area contributed by atoms with Gasteiger partial charge in [0.2, 0.25) is 0 Å². The predicted octanol–water partition coefficient (Wildman–Crippen LogP) is 2.44. The van der Waals surface area contributed by atoms with Crippen LogP contribution in [0.4, 0.5) is 14.5 Å². The summed E-state index contributed by atoms with van der Waals surface area (Å²) in [5.74, 6) is -3.47. The molecule has 23 heavy (non-hydrogen) atoms. The third-order valence-corrected chi connectivity index (χ3v) is 3.52. The topological polar surface area (TPSA) is 66.5 Å². The van der Waals surface area contributed by atoms with E-state index in [-0.39, 0.29) is 22.4 Å². The van der Waals surface area contributed by atoms with Crippen molar-refractivity contribution >= 4 is 23.4 Å². The molecule has 0 aromatic heterocycles. The Balaban J connectivity index is 1.89. The molecule has 1 N–H and O–H groups in total. The van der Waals surface area contributed by atoms with Gasteiger partial charge in [-0.15, -0.1) is 0 Å². The molecule has 3 rings (SSSR count). The van der Waals surface area contributed by atoms with Gasteiger partial charge in [0.1, 0.15) is 11.6 Å². The molecule has 0 spiro atoms. The van der Waals surface area contributed by atoms with Gasteiger partial charge in [0.25, 0.3) is 17.7 Å². The maximum atomic E-state index is 13.6. The molecular formula is C16H10F2N2O3. The largest absolute Gasteiger partial charge is 0.322 e. The molecule has 1 aliphatic heterocycles. The highest BCUT2D eigenvalue weighted by Crippen LogP contribution is 2.25. The number of nitrogens with zero attached hydrogens (tertiary/aromatic N) is 1. The zero-order chi connectivity index (χ0) is 16.7. The highest BCUT2D eigenvalue weighted by molar-refractivity contribution is 6.21. The quantitative estimate of drug-likeness (QED) is 0.865. The lowest BCUT2D eigenvalue weighted by molar-refractivity contribution is 0.0692. The second-order valence-electron chi connectivity index (χ2n) is 5.01. The number of amides is 3. The summed E-state index contributed by atoms with van der Waals surface area (Å²) in [4.78, 5) is 36.7. The zero-order valence-corrected chi connectivity index (χ0v) is 11.9. The first kappa shape index (κ1) is 14.8. The highest BCUT2D eigenvalue weighted by Gasteiger charge is 2.32. The van der Waals surface area contributed by atoms with Crippen LogP contribution in [0.15, 0.2) is 36.4 Å². The van der Waals surface area contributed by atoms with Crippen molar-refractivity contribution in [2.75, 3.05) is 12.4 Å². The van der Waals surface area contributed by atoms with Crippen LogP contribution in [-0.4, -0.2) is 29.7 Å². The van der Waals surface area contributed by atoms with Crippen molar-refractivity contribution in [1.82, 2.24) is 4.90 Å². The van der Waals surface area contributed by atoms with Crippen LogP contribution in [0, 0.1) is 11.6 Å². The SMILES string of the molecule is CN1C(=O)c2ccc(NC(=O)c3ccc(F)cc3F)cc2C1=O. The first-order valence-electron chi connectivity index (χ1n) is 6.61. The Morgan fingerprint density at radius 3 is 2.39 bits per heavy atom. The first-order chi connectivity index (χ1) is 10.9. The van der Waals surface area contributed by atoms with Gasteiger partial charge in [-0.3, -0.25) is 19.3 Å². The molecule has 0 saturated carbocycles. The smallest absolute Gasteiger partial charge is 0.261 e. The van der Waals surface area contributed by atoms with E-state index in [2.05, 4.69) is 5.32 Å². The molecule has 0 saturated heterocycles. The number of hydrogen-bond acceptors (Lipinski definition) is 3. The van der Waals surface area contributed by atoms with Crippen LogP contribution in [-0.2, 0) is 0 Å². The molecule has 0 aliphatic carbocycles. The number of hydrogen-bond donors (Lipinski definition) is 1. The molecule has 0 atom stereocenters. The average Bonchev–Trinajstić information content (AvgIpc) is 2.72. The second kappa shape index (κ2) is 5.28. The van der Waals surface area contributed by atoms with E-state index >= 15 is 0 Å². The average molecular weight is 316 g/mol. The Hall–Kier alpha value is -3.09. The van der Waals surface area contributed by atoms with Gasteiger partial charge in [-0.25, -0.2) is 8.78 Å². The van der Waals surface area contributed by atoms with Crippen molar-refractivity contribution in [3.05, 3.63) is 64.7 Å². The van der Waals surface area contributed by atoms with E-state index in [0.29, 0.717) is 6.07 Å². The number of rotatable bonds is 2. The molecule has 2 aromatic rings. The lowest BCUT2D eigenvalue weighted by Gasteiger charge is -2.07. The lowest BCUT2D eigenvalue weighted by atomic mass is 10.1. The molecule has 0 bridgehead atoms. The summed E-state index contributed by atoms with van der Waals surface area (Å²) in [5.41, 5.74) is 0.304. The van der Waals surface area contributed by atoms with Crippen molar-refractivity contribution in [2.45, 2.75) is 0 Å². The van der Waals surface area contributed by atoms with Crippen molar-refractivity contribution < 1.29 is 23.2 Å². The monoisotopic (exact) mass is 316 g/mol. The van der Waals surface area contributed by atoms with Crippen LogP contribution in [0.3, 0.4) is 0 Å². The predicted molar refractivity (Wildman–Crippen MR) is 77.2 cm³/mol. The molecule has 5 nitrogen and oxygen atoms in total. The highest BCUT2D eigenvalue weighted by atomic mass is 19.1. The summed E-state index contributed by atoms with van der Waals surface area (Å²) >= 11 is 0. The first-order valence-corrected chi connectivity index (χ1v) is 6.61. The number of imide groups is 1. The number of nitrogens with one attached hydrogen (secondary N) is 1. The Labute approximate surface area is 129 Å². The summed E-state index contributed by atoms with van der Waals surface area (Å²) in [6.07, 6.45) is 0. The van der Waals surface area contributed by atoms with E-state index in [4.69, 9.17) is 0 Å². The third kappa shape index (κ3) is 2.46. The number of benzene rings is 2. The van der Waals surface area contributed by atoms with Crippen LogP contribution in [0.5, 0.6) is 0 Å². The summed E-state index contributed by atoms with van der Waals surface area (Å²) < 4.78 is 26.4. The molecule has 0 unspecified atom stereocenters. The van der Waals surface area contributed by atoms with E-state index < -0.39 is 29.4 Å². The minimum absolute atomic E-state index is 0.162. The molecule has 116 valence electrons. The maximum Gasteiger partial charge on any atom is 0.261 e. The molecule has 2 aromatic carbocycles. The standard InChI is InChI=1S/C16H10F2N2O3/c1-20-15(22)10-5-3-9(7-12(10)16(20)23)19-14(21)11-4-2-8(17)6-13(11)18/h2-7H,1H3,(H,19,21). The van der Waals surface area contributed by atoms with Gasteiger partial charge in [-0.2, -0.15) is 0 Å². The summed E-state index contributed by atoms with van der Waals surface area (Å²) in [6, 6.07) is 6.79. The number of fused-ring (bicyclic) bond motifs is 1. The Morgan fingerprint density at radius 1 is 1.00 bits per heavy atom. The van der Waals surface area contributed by atoms with Crippen LogP contribution in [0.25, 0.3) is 0 Å². The molecule has 7 heteroatoms. The fraction of sp³-hybridized carbons (Fsp3) is 0.0625. The van der Waals surface area contributed by atoms with Gasteiger partial charge in [0, 0.05) is 18.8 Å². The Morgan fingerprint density at radius 2 is 1.70 bits per heavy atom. The fourth-order valence-corrected chi connectivity index (χ4v) is 2.31. The summed E-state index contributed by atoms with van der Waals surface area (Å²) in [7, 11) is 1.36. The molecule has 1 heterocycles. The van der Waals surface area contributed by atoms with E-state index in [1.54, 1.807) is 0 Å². The number of anilines is 1. The van der Waals surface area contributed by atoms with Crippen LogP contribution < -0.4 is 5.32 Å². The summed E-state index contributed by atoms with van der Waals surface area (Å²) in [5, 5.41) is 2.42. The zero-order valence-electron chi connectivity index (χ0n) is 11.9. The van der Waals surface area contributed by atoms with Crippen molar-refractivity contribution in [3.8, 4) is 0 Å². The van der Waals surface area contributed by atoms with Gasteiger partial charge >= 0.3 is 0 Å². The molecule has 3 amide bonds. The number of halogens is 2. The van der Waals surface area contributed by atoms with E-state index in [1.807, 2.05) is 0 Å². The van der Waals surface area contributed by atoms with Crippen LogP contribution in [0.2, 0.25) is 0 Å². The van der Waals surface area contributed by atoms with Gasteiger partial charge in [-0.1, -0.05) is 0 Å². The minimum atomic E-state index is -0.991. The van der Waals surface area contributed by atoms with Gasteiger partial charge in [0.05, 0.1) is 16.7 Å². The minimum Gasteiger partial charge on any atom is -0.322 e. The van der Waals surface area contributed by atoms with E-state index in [1.165, 1.54) is 25.2 Å². The number of carbonyl (C=O) groups excluding carboxylic acids is 3. The summed E-state index contributed by atoms with van der Waals surface area (Å²) in [6.45, 7) is 0. The van der Waals surface area contributed by atoms with Gasteiger partial charge < -0.3 is 5.32 Å². The molecule has 0 radical (unpaired) electrons. The number of carbonyl (C=O) groups is 3. The molecule has 0 fully saturated rings. The van der Waals surface area contributed by atoms with Gasteiger partial charge in [-0.05, 0) is 30.3 Å². The fourth-order valence-electron chi connectivity index (χ4n) is 2.31. The van der Waals surface area contributed by atoms with E-state index in [9.17, 15) is 23.2 Å². The molecular weight excluding hydrogens is 306 g/mol. The van der Waals surface area contributed by atoms with Crippen LogP contribution >= 0.6 is 0 Å². The second-order valence-corrected chi connectivity index (χ2v) is 5.01.